The van der Waals surface area contributed by atoms with Crippen LogP contribution in [0.2, 0.25) is 0 Å². The van der Waals surface area contributed by atoms with Crippen LogP contribution >= 0.6 is 11.3 Å². The molecule has 0 fully saturated rings. The van der Waals surface area contributed by atoms with E-state index >= 15 is 0 Å². The van der Waals surface area contributed by atoms with Crippen molar-refractivity contribution in [3.63, 3.8) is 0 Å². The van der Waals surface area contributed by atoms with E-state index in [0.29, 0.717) is 0 Å². The van der Waals surface area contributed by atoms with Gasteiger partial charge in [0.15, 0.2) is 0 Å². The van der Waals surface area contributed by atoms with Crippen LogP contribution < -0.4 is 4.74 Å². The van der Waals surface area contributed by atoms with Crippen LogP contribution in [0, 0.1) is 0 Å². The molecule has 0 N–H and O–H groups in total. The van der Waals surface area contributed by atoms with Gasteiger partial charge in [0.25, 0.3) is 0 Å². The predicted molar refractivity (Wildman–Crippen MR) is 190 cm³/mol. The highest BCUT2D eigenvalue weighted by molar-refractivity contribution is 7.26. The molecule has 212 valence electrons. The van der Waals surface area contributed by atoms with Gasteiger partial charge in [0.2, 0.25) is 0 Å². The Morgan fingerprint density at radius 3 is 2.33 bits per heavy atom. The maximum atomic E-state index is 6.50. The topological polar surface area (TPSA) is 14.2 Å². The summed E-state index contributed by atoms with van der Waals surface area (Å²) in [5, 5.41) is 5.15. The van der Waals surface area contributed by atoms with Gasteiger partial charge in [-0.25, -0.2) is 0 Å². The maximum Gasteiger partial charge on any atom is 0.128 e. The van der Waals surface area contributed by atoms with Gasteiger partial charge in [0.1, 0.15) is 11.9 Å². The van der Waals surface area contributed by atoms with Gasteiger partial charge in [0, 0.05) is 37.7 Å². The first-order valence-electron chi connectivity index (χ1n) is 15.5. The van der Waals surface area contributed by atoms with Crippen LogP contribution in [-0.2, 0) is 0 Å². The molecule has 1 aliphatic carbocycles. The molecule has 0 bridgehead atoms. The average molecular weight is 594 g/mol. The number of allylic oxidation sites excluding steroid dienone is 2. The molecular formula is C42H27NOS. The van der Waals surface area contributed by atoms with Crippen molar-refractivity contribution in [1.29, 1.82) is 0 Å². The zero-order valence-electron chi connectivity index (χ0n) is 24.4. The summed E-state index contributed by atoms with van der Waals surface area (Å²) in [6, 6.07) is 46.4. The standard InChI is InChI=1S/C42H27NOS/c1-2-11-26(12-3-1)27-13-8-14-28(25-27)29-17-10-22-38-39(29)33-18-9-20-35(42(33)45-38)43-34-19-6-4-15-30(34)31-23-24-37-40(41(31)43)32-16-5-7-21-36(32)44-37/h1-25,32,36H. The molecule has 0 spiro atoms. The largest absolute Gasteiger partial charge is 0.485 e. The number of nitrogens with zero attached hydrogens (tertiary/aromatic N) is 1. The first-order chi connectivity index (χ1) is 22.3. The lowest BCUT2D eigenvalue weighted by Gasteiger charge is -2.16. The lowest BCUT2D eigenvalue weighted by molar-refractivity contribution is 0.269. The van der Waals surface area contributed by atoms with Crippen molar-refractivity contribution >= 4 is 53.3 Å². The van der Waals surface area contributed by atoms with Crippen LogP contribution in [0.5, 0.6) is 5.75 Å². The Bertz CT molecular complexity index is 2530. The third-order valence-electron chi connectivity index (χ3n) is 9.54. The summed E-state index contributed by atoms with van der Waals surface area (Å²) in [7, 11) is 0. The Labute approximate surface area is 264 Å². The van der Waals surface area contributed by atoms with Gasteiger partial charge in [-0.3, -0.25) is 0 Å². The maximum absolute atomic E-state index is 6.50. The molecule has 10 rings (SSSR count). The molecule has 0 radical (unpaired) electrons. The minimum absolute atomic E-state index is 0.0383. The van der Waals surface area contributed by atoms with Gasteiger partial charge >= 0.3 is 0 Å². The number of rotatable bonds is 3. The van der Waals surface area contributed by atoms with Gasteiger partial charge in [-0.2, -0.15) is 0 Å². The first-order valence-corrected chi connectivity index (χ1v) is 16.3. The number of thiophene rings is 1. The van der Waals surface area contributed by atoms with Crippen LogP contribution in [0.1, 0.15) is 11.5 Å². The molecule has 0 amide bonds. The molecule has 3 heterocycles. The zero-order chi connectivity index (χ0) is 29.5. The molecule has 8 aromatic rings. The van der Waals surface area contributed by atoms with Gasteiger partial charge in [-0.15, -0.1) is 11.3 Å². The molecule has 2 aliphatic rings. The molecule has 2 nitrogen and oxygen atoms in total. The quantitative estimate of drug-likeness (QED) is 0.199. The number of hydrogen-bond donors (Lipinski definition) is 0. The van der Waals surface area contributed by atoms with Gasteiger partial charge in [-0.05, 0) is 64.7 Å². The van der Waals surface area contributed by atoms with Crippen LogP contribution in [0.4, 0.5) is 0 Å². The molecule has 2 atom stereocenters. The summed E-state index contributed by atoms with van der Waals surface area (Å²) in [5.74, 6) is 1.18. The fraction of sp³-hybridized carbons (Fsp3) is 0.0476. The zero-order valence-corrected chi connectivity index (χ0v) is 25.2. The Hall–Kier alpha value is -5.38. The van der Waals surface area contributed by atoms with Crippen molar-refractivity contribution in [3.05, 3.63) is 157 Å². The third kappa shape index (κ3) is 3.62. The summed E-state index contributed by atoms with van der Waals surface area (Å²) in [6.45, 7) is 0. The number of hydrogen-bond acceptors (Lipinski definition) is 2. The van der Waals surface area contributed by atoms with Crippen LogP contribution in [0.25, 0.3) is 69.9 Å². The van der Waals surface area contributed by atoms with E-state index in [2.05, 4.69) is 156 Å². The summed E-state index contributed by atoms with van der Waals surface area (Å²) >= 11 is 1.89. The molecule has 6 aromatic carbocycles. The van der Waals surface area contributed by atoms with Gasteiger partial charge < -0.3 is 9.30 Å². The Morgan fingerprint density at radius 1 is 0.600 bits per heavy atom. The number of fused-ring (bicyclic) bond motifs is 10. The summed E-state index contributed by atoms with van der Waals surface area (Å²) < 4.78 is 11.6. The minimum atomic E-state index is 0.0383. The third-order valence-corrected chi connectivity index (χ3v) is 10.7. The summed E-state index contributed by atoms with van der Waals surface area (Å²) in [5.41, 5.74) is 9.95. The van der Waals surface area contributed by atoms with E-state index in [0.717, 1.165) is 5.75 Å². The Balaban J connectivity index is 1.25. The van der Waals surface area contributed by atoms with E-state index < -0.39 is 0 Å². The highest BCUT2D eigenvalue weighted by atomic mass is 32.1. The highest BCUT2D eigenvalue weighted by Gasteiger charge is 2.35. The molecule has 2 aromatic heterocycles. The molecule has 2 unspecified atom stereocenters. The molecule has 0 saturated heterocycles. The molecule has 45 heavy (non-hydrogen) atoms. The first kappa shape index (κ1) is 25.0. The summed E-state index contributed by atoms with van der Waals surface area (Å²) in [6.07, 6.45) is 8.78. The number of aromatic nitrogens is 1. The Morgan fingerprint density at radius 2 is 1.38 bits per heavy atom. The molecule has 3 heteroatoms. The van der Waals surface area contributed by atoms with Crippen LogP contribution in [-0.4, -0.2) is 10.7 Å². The normalized spacial score (nSPS) is 16.9. The van der Waals surface area contributed by atoms with Crippen molar-refractivity contribution in [3.8, 4) is 33.7 Å². The molecular weight excluding hydrogens is 567 g/mol. The van der Waals surface area contributed by atoms with Gasteiger partial charge in [-0.1, -0.05) is 109 Å². The van der Waals surface area contributed by atoms with E-state index in [1.807, 2.05) is 11.3 Å². The number of para-hydroxylation sites is 1. The second-order valence-corrected chi connectivity index (χ2v) is 13.0. The minimum Gasteiger partial charge on any atom is -0.485 e. The smallest absolute Gasteiger partial charge is 0.128 e. The Kier molecular flexibility index (Phi) is 5.31. The predicted octanol–water partition coefficient (Wildman–Crippen LogP) is 11.5. The average Bonchev–Trinajstić information content (AvgIpc) is 3.78. The van der Waals surface area contributed by atoms with Gasteiger partial charge in [0.05, 0.1) is 21.4 Å². The van der Waals surface area contributed by atoms with Crippen molar-refractivity contribution in [2.45, 2.75) is 12.0 Å². The van der Waals surface area contributed by atoms with Crippen molar-refractivity contribution in [1.82, 2.24) is 4.57 Å². The fourth-order valence-corrected chi connectivity index (χ4v) is 8.83. The van der Waals surface area contributed by atoms with E-state index in [1.54, 1.807) is 0 Å². The molecule has 0 saturated carbocycles. The molecule has 1 aliphatic heterocycles. The van der Waals surface area contributed by atoms with Crippen molar-refractivity contribution in [2.24, 2.45) is 0 Å². The van der Waals surface area contributed by atoms with E-state index in [9.17, 15) is 0 Å². The monoisotopic (exact) mass is 593 g/mol. The SMILES string of the molecule is C1=CC2Oc3ccc4c5ccccc5n(-c5cccc6c5sc5cccc(-c7cccc(-c8ccccc8)c7)c56)c4c3C2C=C1. The lowest BCUT2D eigenvalue weighted by atomic mass is 9.90. The van der Waals surface area contributed by atoms with Crippen molar-refractivity contribution < 1.29 is 4.74 Å². The van der Waals surface area contributed by atoms with E-state index in [-0.39, 0.29) is 12.0 Å². The number of ether oxygens (including phenoxy) is 1. The lowest BCUT2D eigenvalue weighted by Crippen LogP contribution is -2.15. The van der Waals surface area contributed by atoms with Crippen LogP contribution in [0.15, 0.2) is 152 Å². The second kappa shape index (κ2) is 9.56. The van der Waals surface area contributed by atoms with Crippen LogP contribution in [0.3, 0.4) is 0 Å². The second-order valence-electron chi connectivity index (χ2n) is 12.0. The number of benzene rings is 6. The summed E-state index contributed by atoms with van der Waals surface area (Å²) in [4.78, 5) is 0. The highest BCUT2D eigenvalue weighted by Crippen LogP contribution is 2.50. The van der Waals surface area contributed by atoms with E-state index in [4.69, 9.17) is 4.74 Å². The van der Waals surface area contributed by atoms with E-state index in [1.165, 1.54) is 75.5 Å². The van der Waals surface area contributed by atoms with Crippen molar-refractivity contribution in [2.75, 3.05) is 0 Å². The fourth-order valence-electron chi connectivity index (χ4n) is 7.59.